The van der Waals surface area contributed by atoms with Crippen molar-refractivity contribution in [2.75, 3.05) is 36.0 Å². The Kier molecular flexibility index (Phi) is 4.68. The van der Waals surface area contributed by atoms with Crippen LogP contribution in [0.4, 0.5) is 24.8 Å². The van der Waals surface area contributed by atoms with Gasteiger partial charge in [-0.1, -0.05) is 11.6 Å². The highest BCUT2D eigenvalue weighted by molar-refractivity contribution is 6.33. The average molecular weight is 368 g/mol. The van der Waals surface area contributed by atoms with Crippen molar-refractivity contribution in [1.29, 1.82) is 5.26 Å². The van der Waals surface area contributed by atoms with E-state index in [2.05, 4.69) is 16.0 Å². The second kappa shape index (κ2) is 6.76. The molecule has 3 heterocycles. The number of piperazine rings is 1. The van der Waals surface area contributed by atoms with E-state index in [1.165, 1.54) is 0 Å². The second-order valence-electron chi connectivity index (χ2n) is 5.52. The van der Waals surface area contributed by atoms with E-state index in [-0.39, 0.29) is 5.02 Å². The van der Waals surface area contributed by atoms with Gasteiger partial charge < -0.3 is 9.80 Å². The average Bonchev–Trinajstić information content (AvgIpc) is 2.61. The maximum Gasteiger partial charge on any atom is 0.417 e. The highest BCUT2D eigenvalue weighted by Gasteiger charge is 2.32. The van der Waals surface area contributed by atoms with E-state index in [1.807, 2.05) is 9.80 Å². The summed E-state index contributed by atoms with van der Waals surface area (Å²) < 4.78 is 38.1. The van der Waals surface area contributed by atoms with E-state index in [0.29, 0.717) is 43.4 Å². The van der Waals surface area contributed by atoms with Crippen LogP contribution < -0.4 is 9.80 Å². The summed E-state index contributed by atoms with van der Waals surface area (Å²) in [6, 6.07) is 6.30. The Labute approximate surface area is 147 Å². The van der Waals surface area contributed by atoms with Crippen molar-refractivity contribution in [3.05, 3.63) is 46.7 Å². The predicted molar refractivity (Wildman–Crippen MR) is 87.6 cm³/mol. The molecule has 0 N–H and O–H groups in total. The van der Waals surface area contributed by atoms with Crippen LogP contribution in [0.5, 0.6) is 0 Å². The SMILES string of the molecule is N#Cc1ccnc(N2CCN(c3ncc(C(F)(F)F)cc3Cl)CC2)c1. The molecule has 0 atom stereocenters. The maximum absolute atomic E-state index is 12.7. The third-order valence-corrected chi connectivity index (χ3v) is 4.21. The van der Waals surface area contributed by atoms with Gasteiger partial charge in [0, 0.05) is 38.6 Å². The van der Waals surface area contributed by atoms with E-state index in [1.54, 1.807) is 18.3 Å². The van der Waals surface area contributed by atoms with E-state index in [9.17, 15) is 13.2 Å². The van der Waals surface area contributed by atoms with Crippen LogP contribution in [-0.4, -0.2) is 36.1 Å². The van der Waals surface area contributed by atoms with Gasteiger partial charge in [-0.3, -0.25) is 0 Å². The molecule has 1 aliphatic rings. The lowest BCUT2D eigenvalue weighted by atomic mass is 10.2. The summed E-state index contributed by atoms with van der Waals surface area (Å²) in [5.41, 5.74) is -0.336. The molecule has 25 heavy (non-hydrogen) atoms. The first-order valence-electron chi connectivity index (χ1n) is 7.47. The van der Waals surface area contributed by atoms with Crippen LogP contribution in [0.1, 0.15) is 11.1 Å². The summed E-state index contributed by atoms with van der Waals surface area (Å²) in [6.07, 6.45) is -2.09. The van der Waals surface area contributed by atoms with Gasteiger partial charge in [0.05, 0.1) is 22.2 Å². The molecule has 0 amide bonds. The Morgan fingerprint density at radius 2 is 1.76 bits per heavy atom. The number of anilines is 2. The number of aromatic nitrogens is 2. The largest absolute Gasteiger partial charge is 0.417 e. The van der Waals surface area contributed by atoms with Crippen molar-refractivity contribution in [2.45, 2.75) is 6.18 Å². The molecule has 1 saturated heterocycles. The lowest BCUT2D eigenvalue weighted by Gasteiger charge is -2.36. The number of nitriles is 1. The summed E-state index contributed by atoms with van der Waals surface area (Å²) >= 11 is 6.00. The number of nitrogens with zero attached hydrogens (tertiary/aromatic N) is 5. The minimum absolute atomic E-state index is 0.0205. The van der Waals surface area contributed by atoms with Crippen molar-refractivity contribution in [2.24, 2.45) is 0 Å². The summed E-state index contributed by atoms with van der Waals surface area (Å²) in [7, 11) is 0. The molecule has 3 rings (SSSR count). The Balaban J connectivity index is 1.71. The zero-order valence-electron chi connectivity index (χ0n) is 13.0. The number of rotatable bonds is 2. The second-order valence-corrected chi connectivity index (χ2v) is 5.92. The summed E-state index contributed by atoms with van der Waals surface area (Å²) in [5, 5.41) is 8.93. The Hall–Kier alpha value is -2.53. The molecule has 0 saturated carbocycles. The molecule has 2 aromatic rings. The quantitative estimate of drug-likeness (QED) is 0.814. The third-order valence-electron chi connectivity index (χ3n) is 3.93. The smallest absolute Gasteiger partial charge is 0.353 e. The first-order chi connectivity index (χ1) is 11.9. The molecular weight excluding hydrogens is 355 g/mol. The molecule has 0 aromatic carbocycles. The lowest BCUT2D eigenvalue weighted by molar-refractivity contribution is -0.137. The summed E-state index contributed by atoms with van der Waals surface area (Å²) in [4.78, 5) is 12.0. The fourth-order valence-electron chi connectivity index (χ4n) is 2.63. The van der Waals surface area contributed by atoms with Gasteiger partial charge >= 0.3 is 6.18 Å². The van der Waals surface area contributed by atoms with Crippen molar-refractivity contribution in [1.82, 2.24) is 9.97 Å². The van der Waals surface area contributed by atoms with E-state index >= 15 is 0 Å². The fourth-order valence-corrected chi connectivity index (χ4v) is 2.91. The molecule has 5 nitrogen and oxygen atoms in total. The van der Waals surface area contributed by atoms with Gasteiger partial charge in [-0.25, -0.2) is 9.97 Å². The molecule has 2 aromatic heterocycles. The summed E-state index contributed by atoms with van der Waals surface area (Å²) in [6.45, 7) is 2.27. The van der Waals surface area contributed by atoms with Crippen LogP contribution in [-0.2, 0) is 6.18 Å². The number of pyridine rings is 2. The van der Waals surface area contributed by atoms with Gasteiger partial charge in [0.15, 0.2) is 0 Å². The maximum atomic E-state index is 12.7. The first-order valence-corrected chi connectivity index (χ1v) is 7.85. The fraction of sp³-hybridized carbons (Fsp3) is 0.312. The first kappa shape index (κ1) is 17.3. The van der Waals surface area contributed by atoms with Gasteiger partial charge in [-0.05, 0) is 18.2 Å². The number of halogens is 4. The van der Waals surface area contributed by atoms with Gasteiger partial charge in [0.1, 0.15) is 11.6 Å². The van der Waals surface area contributed by atoms with Crippen LogP contribution >= 0.6 is 11.6 Å². The van der Waals surface area contributed by atoms with Crippen molar-refractivity contribution in [3.63, 3.8) is 0 Å². The minimum Gasteiger partial charge on any atom is -0.353 e. The lowest BCUT2D eigenvalue weighted by Crippen LogP contribution is -2.47. The van der Waals surface area contributed by atoms with Crippen molar-refractivity contribution < 1.29 is 13.2 Å². The van der Waals surface area contributed by atoms with Crippen molar-refractivity contribution >= 4 is 23.2 Å². The van der Waals surface area contributed by atoms with E-state index < -0.39 is 11.7 Å². The number of alkyl halides is 3. The molecule has 1 aliphatic heterocycles. The minimum atomic E-state index is -4.47. The molecule has 9 heteroatoms. The van der Waals surface area contributed by atoms with Gasteiger partial charge in [0.2, 0.25) is 0 Å². The molecule has 0 bridgehead atoms. The molecule has 0 radical (unpaired) electrons. The highest BCUT2D eigenvalue weighted by Crippen LogP contribution is 2.33. The molecular formula is C16H13ClF3N5. The van der Waals surface area contributed by atoms with Crippen LogP contribution in [0.15, 0.2) is 30.6 Å². The topological polar surface area (TPSA) is 56.1 Å². The van der Waals surface area contributed by atoms with Crippen LogP contribution in [0.3, 0.4) is 0 Å². The third kappa shape index (κ3) is 3.77. The number of hydrogen-bond acceptors (Lipinski definition) is 5. The highest BCUT2D eigenvalue weighted by atomic mass is 35.5. The Bertz CT molecular complexity index is 810. The molecule has 0 spiro atoms. The van der Waals surface area contributed by atoms with Gasteiger partial charge in [-0.15, -0.1) is 0 Å². The Morgan fingerprint density at radius 3 is 2.36 bits per heavy atom. The van der Waals surface area contributed by atoms with E-state index in [4.69, 9.17) is 16.9 Å². The molecule has 130 valence electrons. The monoisotopic (exact) mass is 367 g/mol. The predicted octanol–water partition coefficient (Wildman–Crippen LogP) is 3.35. The Morgan fingerprint density at radius 1 is 1.08 bits per heavy atom. The molecule has 0 aliphatic carbocycles. The van der Waals surface area contributed by atoms with Crippen molar-refractivity contribution in [3.8, 4) is 6.07 Å². The van der Waals surface area contributed by atoms with Crippen LogP contribution in [0, 0.1) is 11.3 Å². The van der Waals surface area contributed by atoms with Gasteiger partial charge in [-0.2, -0.15) is 18.4 Å². The van der Waals surface area contributed by atoms with Crippen LogP contribution in [0.25, 0.3) is 0 Å². The molecule has 0 unspecified atom stereocenters. The van der Waals surface area contributed by atoms with Crippen LogP contribution in [0.2, 0.25) is 5.02 Å². The zero-order chi connectivity index (χ0) is 18.0. The standard InChI is InChI=1S/C16H13ClF3N5/c17-13-8-12(16(18,19)20)10-23-15(13)25-5-3-24(4-6-25)14-7-11(9-21)1-2-22-14/h1-2,7-8,10H,3-6H2. The van der Waals surface area contributed by atoms with E-state index in [0.717, 1.165) is 12.3 Å². The number of hydrogen-bond donors (Lipinski definition) is 0. The zero-order valence-corrected chi connectivity index (χ0v) is 13.7. The summed E-state index contributed by atoms with van der Waals surface area (Å²) in [5.74, 6) is 1.04. The van der Waals surface area contributed by atoms with Gasteiger partial charge in [0.25, 0.3) is 0 Å². The molecule has 1 fully saturated rings. The normalized spacial score (nSPS) is 15.2.